The van der Waals surface area contributed by atoms with E-state index < -0.39 is 0 Å². The van der Waals surface area contributed by atoms with E-state index in [0.29, 0.717) is 11.3 Å². The lowest BCUT2D eigenvalue weighted by Crippen LogP contribution is -2.30. The van der Waals surface area contributed by atoms with Crippen molar-refractivity contribution < 1.29 is 4.42 Å². The van der Waals surface area contributed by atoms with E-state index in [4.69, 9.17) is 16.0 Å². The third-order valence-electron chi connectivity index (χ3n) is 2.89. The smallest absolute Gasteiger partial charge is 0.193 e. The maximum Gasteiger partial charge on any atom is 0.193 e. The Kier molecular flexibility index (Phi) is 4.00. The zero-order valence-electron chi connectivity index (χ0n) is 8.83. The molecule has 1 aliphatic carbocycles. The molecule has 1 fully saturated rings. The minimum absolute atomic E-state index is 0.488. The highest BCUT2D eigenvalue weighted by Gasteiger charge is 2.26. The van der Waals surface area contributed by atoms with E-state index in [1.54, 1.807) is 0 Å². The van der Waals surface area contributed by atoms with Gasteiger partial charge in [-0.15, -0.1) is 11.8 Å². The molecule has 1 saturated carbocycles. The molecule has 0 bridgehead atoms. The second-order valence-electron chi connectivity index (χ2n) is 3.88. The normalized spacial score (nSPS) is 26.0. The molecule has 0 aromatic carbocycles. The van der Waals surface area contributed by atoms with Crippen molar-refractivity contribution in [2.24, 2.45) is 0 Å². The van der Waals surface area contributed by atoms with Gasteiger partial charge in [0.05, 0.1) is 5.75 Å². The monoisotopic (exact) mass is 245 g/mol. The molecule has 1 N–H and O–H groups in total. The van der Waals surface area contributed by atoms with Crippen molar-refractivity contribution in [3.8, 4) is 0 Å². The van der Waals surface area contributed by atoms with Gasteiger partial charge in [-0.1, -0.05) is 6.42 Å². The fourth-order valence-corrected chi connectivity index (χ4v) is 3.61. The molecule has 0 amide bonds. The van der Waals surface area contributed by atoms with E-state index in [-0.39, 0.29) is 0 Å². The molecule has 84 valence electrons. The van der Waals surface area contributed by atoms with Gasteiger partial charge in [-0.05, 0) is 43.6 Å². The van der Waals surface area contributed by atoms with Crippen molar-refractivity contribution >= 4 is 23.4 Å². The van der Waals surface area contributed by atoms with Gasteiger partial charge in [0.25, 0.3) is 0 Å². The maximum atomic E-state index is 5.72. The van der Waals surface area contributed by atoms with E-state index in [1.807, 2.05) is 30.9 Å². The molecule has 0 saturated heterocycles. The number of hydrogen-bond acceptors (Lipinski definition) is 3. The van der Waals surface area contributed by atoms with Crippen LogP contribution in [0.2, 0.25) is 5.22 Å². The van der Waals surface area contributed by atoms with Crippen molar-refractivity contribution in [3.63, 3.8) is 0 Å². The quantitative estimate of drug-likeness (QED) is 0.881. The van der Waals surface area contributed by atoms with Crippen molar-refractivity contribution in [2.75, 3.05) is 7.05 Å². The molecule has 0 spiro atoms. The zero-order valence-corrected chi connectivity index (χ0v) is 10.4. The van der Waals surface area contributed by atoms with Crippen LogP contribution >= 0.6 is 23.4 Å². The first-order valence-electron chi connectivity index (χ1n) is 5.32. The summed E-state index contributed by atoms with van der Waals surface area (Å²) in [4.78, 5) is 0. The topological polar surface area (TPSA) is 25.2 Å². The lowest BCUT2D eigenvalue weighted by molar-refractivity contribution is 0.531. The van der Waals surface area contributed by atoms with Crippen LogP contribution in [0, 0.1) is 0 Å². The van der Waals surface area contributed by atoms with Crippen molar-refractivity contribution in [1.29, 1.82) is 0 Å². The summed E-state index contributed by atoms with van der Waals surface area (Å²) in [6.07, 6.45) is 3.94. The molecule has 2 rings (SSSR count). The van der Waals surface area contributed by atoms with Gasteiger partial charge in [0.1, 0.15) is 5.76 Å². The summed E-state index contributed by atoms with van der Waals surface area (Å²) < 4.78 is 5.34. The first-order chi connectivity index (χ1) is 7.29. The molecule has 0 radical (unpaired) electrons. The Morgan fingerprint density at radius 3 is 3.07 bits per heavy atom. The Morgan fingerprint density at radius 2 is 2.40 bits per heavy atom. The summed E-state index contributed by atoms with van der Waals surface area (Å²) in [5.41, 5.74) is 0. The van der Waals surface area contributed by atoms with Crippen LogP contribution in [0.25, 0.3) is 0 Å². The summed E-state index contributed by atoms with van der Waals surface area (Å²) in [5.74, 6) is 1.90. The number of halogens is 1. The lowest BCUT2D eigenvalue weighted by atomic mass is 10.2. The Bertz CT molecular complexity index is 315. The Labute approximate surface area is 99.8 Å². The van der Waals surface area contributed by atoms with Crippen LogP contribution in [0.3, 0.4) is 0 Å². The number of furan rings is 1. The Hall–Kier alpha value is -0.120. The minimum atomic E-state index is 0.488. The molecule has 1 aromatic heterocycles. The minimum Gasteiger partial charge on any atom is -0.449 e. The summed E-state index contributed by atoms with van der Waals surface area (Å²) in [7, 11) is 2.05. The van der Waals surface area contributed by atoms with Crippen LogP contribution in [0.1, 0.15) is 25.0 Å². The van der Waals surface area contributed by atoms with Crippen molar-refractivity contribution in [1.82, 2.24) is 5.32 Å². The van der Waals surface area contributed by atoms with E-state index in [1.165, 1.54) is 19.3 Å². The van der Waals surface area contributed by atoms with Crippen LogP contribution in [0.4, 0.5) is 0 Å². The second kappa shape index (κ2) is 5.28. The van der Waals surface area contributed by atoms with Gasteiger partial charge >= 0.3 is 0 Å². The van der Waals surface area contributed by atoms with Gasteiger partial charge in [0.2, 0.25) is 0 Å². The highest BCUT2D eigenvalue weighted by Crippen LogP contribution is 2.32. The van der Waals surface area contributed by atoms with Crippen molar-refractivity contribution in [3.05, 3.63) is 23.1 Å². The highest BCUT2D eigenvalue weighted by molar-refractivity contribution is 7.99. The first-order valence-corrected chi connectivity index (χ1v) is 6.75. The van der Waals surface area contributed by atoms with Gasteiger partial charge in [-0.2, -0.15) is 0 Å². The van der Waals surface area contributed by atoms with E-state index >= 15 is 0 Å². The molecule has 15 heavy (non-hydrogen) atoms. The number of thioether (sulfide) groups is 1. The fourth-order valence-electron chi connectivity index (χ4n) is 2.07. The SMILES string of the molecule is CNC1CCCC1SCc1ccc(Cl)o1. The van der Waals surface area contributed by atoms with Gasteiger partial charge in [-0.25, -0.2) is 0 Å². The molecule has 1 aliphatic rings. The van der Waals surface area contributed by atoms with Crippen molar-refractivity contribution in [2.45, 2.75) is 36.3 Å². The predicted octanol–water partition coefficient (Wildman–Crippen LogP) is 3.31. The maximum absolute atomic E-state index is 5.72. The van der Waals surface area contributed by atoms with Crippen LogP contribution in [-0.4, -0.2) is 18.3 Å². The van der Waals surface area contributed by atoms with Crippen LogP contribution in [0.5, 0.6) is 0 Å². The lowest BCUT2D eigenvalue weighted by Gasteiger charge is -2.17. The molecule has 1 heterocycles. The molecular formula is C11H16ClNOS. The third kappa shape index (κ3) is 2.92. The molecule has 2 atom stereocenters. The van der Waals surface area contributed by atoms with Gasteiger partial charge in [0.15, 0.2) is 5.22 Å². The van der Waals surface area contributed by atoms with Gasteiger partial charge in [-0.3, -0.25) is 0 Å². The van der Waals surface area contributed by atoms with Gasteiger partial charge in [0, 0.05) is 11.3 Å². The van der Waals surface area contributed by atoms with Crippen LogP contribution in [0.15, 0.2) is 16.5 Å². The number of hydrogen-bond donors (Lipinski definition) is 1. The zero-order chi connectivity index (χ0) is 10.7. The predicted molar refractivity (Wildman–Crippen MR) is 65.5 cm³/mol. The van der Waals surface area contributed by atoms with E-state index in [9.17, 15) is 0 Å². The molecule has 4 heteroatoms. The molecule has 0 aliphatic heterocycles. The average Bonchev–Trinajstić information content (AvgIpc) is 2.83. The molecule has 1 aromatic rings. The summed E-state index contributed by atoms with van der Waals surface area (Å²) in [5, 5.41) is 4.59. The highest BCUT2D eigenvalue weighted by atomic mass is 35.5. The first kappa shape index (κ1) is 11.4. The second-order valence-corrected chi connectivity index (χ2v) is 5.48. The number of nitrogens with one attached hydrogen (secondary N) is 1. The van der Waals surface area contributed by atoms with Crippen LogP contribution in [-0.2, 0) is 5.75 Å². The van der Waals surface area contributed by atoms with E-state index in [0.717, 1.165) is 16.8 Å². The van der Waals surface area contributed by atoms with Crippen LogP contribution < -0.4 is 5.32 Å². The molecular weight excluding hydrogens is 230 g/mol. The average molecular weight is 246 g/mol. The Morgan fingerprint density at radius 1 is 1.53 bits per heavy atom. The number of rotatable bonds is 4. The Balaban J connectivity index is 1.82. The summed E-state index contributed by atoms with van der Waals surface area (Å²) in [6, 6.07) is 4.43. The summed E-state index contributed by atoms with van der Waals surface area (Å²) >= 11 is 7.69. The van der Waals surface area contributed by atoms with E-state index in [2.05, 4.69) is 5.32 Å². The standard InChI is InChI=1S/C11H16ClNOS/c1-13-9-3-2-4-10(9)15-7-8-5-6-11(12)14-8/h5-6,9-10,13H,2-4,7H2,1H3. The third-order valence-corrected chi connectivity index (χ3v) is 4.54. The van der Waals surface area contributed by atoms with Gasteiger partial charge < -0.3 is 9.73 Å². The molecule has 2 nitrogen and oxygen atoms in total. The largest absolute Gasteiger partial charge is 0.449 e. The summed E-state index contributed by atoms with van der Waals surface area (Å²) in [6.45, 7) is 0. The fraction of sp³-hybridized carbons (Fsp3) is 0.636. The molecule has 2 unspecified atom stereocenters.